The second-order valence-electron chi connectivity index (χ2n) is 5.33. The highest BCUT2D eigenvalue weighted by Gasteiger charge is 2.30. The number of aliphatic hydroxyl groups excluding tert-OH is 1. The lowest BCUT2D eigenvalue weighted by atomic mass is 9.94. The Morgan fingerprint density at radius 1 is 1.19 bits per heavy atom. The maximum absolute atomic E-state index is 10.3. The molecular weight excluding hydrogens is 268 g/mol. The van der Waals surface area contributed by atoms with Crippen LogP contribution < -0.4 is 9.47 Å². The molecule has 1 aliphatic rings. The van der Waals surface area contributed by atoms with Crippen LogP contribution in [0.15, 0.2) is 36.4 Å². The molecule has 0 saturated heterocycles. The molecule has 1 heterocycles. The molecule has 2 aromatic rings. The molecule has 0 radical (unpaired) electrons. The van der Waals surface area contributed by atoms with Crippen molar-refractivity contribution in [1.82, 2.24) is 0 Å². The largest absolute Gasteiger partial charge is 0.508 e. The molecule has 0 bridgehead atoms. The Kier molecular flexibility index (Phi) is 3.47. The van der Waals surface area contributed by atoms with Crippen molar-refractivity contribution < 1.29 is 19.7 Å². The van der Waals surface area contributed by atoms with Gasteiger partial charge in [0.15, 0.2) is 0 Å². The van der Waals surface area contributed by atoms with E-state index in [0.29, 0.717) is 6.42 Å². The van der Waals surface area contributed by atoms with Crippen molar-refractivity contribution in [2.45, 2.75) is 25.6 Å². The van der Waals surface area contributed by atoms with Crippen LogP contribution >= 0.6 is 0 Å². The van der Waals surface area contributed by atoms with E-state index in [-0.39, 0.29) is 5.75 Å². The average Bonchev–Trinajstić information content (AvgIpc) is 2.49. The van der Waals surface area contributed by atoms with Crippen LogP contribution in [0.5, 0.6) is 17.2 Å². The number of aliphatic hydroxyl groups is 1. The summed E-state index contributed by atoms with van der Waals surface area (Å²) in [7, 11) is 1.61. The molecule has 0 unspecified atom stereocenters. The predicted octanol–water partition coefficient (Wildman–Crippen LogP) is 2.75. The fourth-order valence-electron chi connectivity index (χ4n) is 2.63. The number of hydrogen-bond acceptors (Lipinski definition) is 4. The van der Waals surface area contributed by atoms with Crippen molar-refractivity contribution in [1.29, 1.82) is 0 Å². The summed E-state index contributed by atoms with van der Waals surface area (Å²) >= 11 is 0. The summed E-state index contributed by atoms with van der Waals surface area (Å²) in [6, 6.07) is 10.9. The Labute approximate surface area is 123 Å². The van der Waals surface area contributed by atoms with Gasteiger partial charge >= 0.3 is 0 Å². The zero-order valence-corrected chi connectivity index (χ0v) is 12.0. The molecule has 0 aromatic heterocycles. The van der Waals surface area contributed by atoms with Gasteiger partial charge in [0.2, 0.25) is 0 Å². The van der Waals surface area contributed by atoms with Crippen LogP contribution in [0.2, 0.25) is 0 Å². The molecule has 3 rings (SSSR count). The molecule has 0 aliphatic carbocycles. The standard InChI is InChI=1S/C17H18O4/c1-10-7-12(4-6-14(10)18)17-15(19)8-11-3-5-13(20-2)9-16(11)21-17/h3-7,9,15,17-19H,8H2,1-2H3/t15-,17+/m0/s1. The van der Waals surface area contributed by atoms with Crippen LogP contribution in [-0.2, 0) is 6.42 Å². The van der Waals surface area contributed by atoms with Gasteiger partial charge in [0.05, 0.1) is 13.2 Å². The van der Waals surface area contributed by atoms with Crippen LogP contribution in [0.3, 0.4) is 0 Å². The first-order valence-corrected chi connectivity index (χ1v) is 6.89. The van der Waals surface area contributed by atoms with E-state index in [1.807, 2.05) is 31.2 Å². The molecule has 2 atom stereocenters. The third-order valence-corrected chi connectivity index (χ3v) is 3.86. The number of methoxy groups -OCH3 is 1. The van der Waals surface area contributed by atoms with E-state index in [9.17, 15) is 10.2 Å². The second-order valence-corrected chi connectivity index (χ2v) is 5.33. The molecule has 110 valence electrons. The van der Waals surface area contributed by atoms with Crippen LogP contribution in [-0.4, -0.2) is 23.4 Å². The van der Waals surface area contributed by atoms with E-state index < -0.39 is 12.2 Å². The number of aromatic hydroxyl groups is 1. The minimum Gasteiger partial charge on any atom is -0.508 e. The van der Waals surface area contributed by atoms with Gasteiger partial charge in [-0.1, -0.05) is 12.1 Å². The monoisotopic (exact) mass is 286 g/mol. The van der Waals surface area contributed by atoms with E-state index in [4.69, 9.17) is 9.47 Å². The minimum absolute atomic E-state index is 0.242. The number of hydrogen-bond donors (Lipinski definition) is 2. The molecule has 2 N–H and O–H groups in total. The van der Waals surface area contributed by atoms with Gasteiger partial charge in [-0.15, -0.1) is 0 Å². The van der Waals surface area contributed by atoms with Crippen LogP contribution in [0.1, 0.15) is 22.8 Å². The summed E-state index contributed by atoms with van der Waals surface area (Å²) in [5.74, 6) is 1.70. The fourth-order valence-corrected chi connectivity index (χ4v) is 2.63. The quantitative estimate of drug-likeness (QED) is 0.891. The number of phenolic OH excluding ortho intramolecular Hbond substituents is 1. The van der Waals surface area contributed by atoms with Gasteiger partial charge in [0, 0.05) is 12.5 Å². The fraction of sp³-hybridized carbons (Fsp3) is 0.294. The molecule has 0 saturated carbocycles. The van der Waals surface area contributed by atoms with E-state index in [0.717, 1.165) is 28.2 Å². The van der Waals surface area contributed by atoms with E-state index >= 15 is 0 Å². The highest BCUT2D eigenvalue weighted by Crippen LogP contribution is 2.37. The molecule has 0 spiro atoms. The molecule has 0 amide bonds. The van der Waals surface area contributed by atoms with Gasteiger partial charge in [-0.25, -0.2) is 0 Å². The lowest BCUT2D eigenvalue weighted by molar-refractivity contribution is 0.0206. The third kappa shape index (κ3) is 2.54. The summed E-state index contributed by atoms with van der Waals surface area (Å²) in [4.78, 5) is 0. The van der Waals surface area contributed by atoms with Gasteiger partial charge in [-0.3, -0.25) is 0 Å². The molecule has 2 aromatic carbocycles. The predicted molar refractivity (Wildman–Crippen MR) is 78.9 cm³/mol. The van der Waals surface area contributed by atoms with Crippen molar-refractivity contribution in [2.24, 2.45) is 0 Å². The van der Waals surface area contributed by atoms with Gasteiger partial charge in [0.1, 0.15) is 23.4 Å². The molecule has 0 fully saturated rings. The number of rotatable bonds is 2. The molecule has 21 heavy (non-hydrogen) atoms. The lowest BCUT2D eigenvalue weighted by Crippen LogP contribution is -2.30. The maximum Gasteiger partial charge on any atom is 0.150 e. The Morgan fingerprint density at radius 3 is 2.71 bits per heavy atom. The summed E-state index contributed by atoms with van der Waals surface area (Å²) in [5.41, 5.74) is 2.58. The van der Waals surface area contributed by atoms with Crippen molar-refractivity contribution in [3.8, 4) is 17.2 Å². The normalized spacial score (nSPS) is 20.5. The zero-order chi connectivity index (χ0) is 15.0. The van der Waals surface area contributed by atoms with Crippen molar-refractivity contribution >= 4 is 0 Å². The van der Waals surface area contributed by atoms with Gasteiger partial charge < -0.3 is 19.7 Å². The summed E-state index contributed by atoms with van der Waals surface area (Å²) < 4.78 is 11.2. The van der Waals surface area contributed by atoms with Crippen LogP contribution in [0.4, 0.5) is 0 Å². The molecule has 1 aliphatic heterocycles. The van der Waals surface area contributed by atoms with E-state index in [1.54, 1.807) is 19.2 Å². The van der Waals surface area contributed by atoms with Crippen molar-refractivity contribution in [2.75, 3.05) is 7.11 Å². The maximum atomic E-state index is 10.3. The number of benzene rings is 2. The Bertz CT molecular complexity index is 666. The minimum atomic E-state index is -0.616. The van der Waals surface area contributed by atoms with Gasteiger partial charge in [-0.2, -0.15) is 0 Å². The Balaban J connectivity index is 1.95. The Hall–Kier alpha value is -2.20. The molecular formula is C17H18O4. The van der Waals surface area contributed by atoms with E-state index in [2.05, 4.69) is 0 Å². The number of phenols is 1. The topological polar surface area (TPSA) is 58.9 Å². The number of fused-ring (bicyclic) bond motifs is 1. The Morgan fingerprint density at radius 2 is 2.00 bits per heavy atom. The number of aryl methyl sites for hydroxylation is 1. The van der Waals surface area contributed by atoms with Crippen LogP contribution in [0, 0.1) is 6.92 Å². The van der Waals surface area contributed by atoms with E-state index in [1.165, 1.54) is 0 Å². The molecule has 4 nitrogen and oxygen atoms in total. The first-order valence-electron chi connectivity index (χ1n) is 6.89. The zero-order valence-electron chi connectivity index (χ0n) is 12.0. The first kappa shape index (κ1) is 13.8. The number of ether oxygens (including phenoxy) is 2. The lowest BCUT2D eigenvalue weighted by Gasteiger charge is -2.31. The summed E-state index contributed by atoms with van der Waals surface area (Å²) in [6.45, 7) is 1.82. The average molecular weight is 286 g/mol. The van der Waals surface area contributed by atoms with Gasteiger partial charge in [0.25, 0.3) is 0 Å². The van der Waals surface area contributed by atoms with Crippen LogP contribution in [0.25, 0.3) is 0 Å². The third-order valence-electron chi connectivity index (χ3n) is 3.86. The van der Waals surface area contributed by atoms with Crippen molar-refractivity contribution in [3.63, 3.8) is 0 Å². The molecule has 4 heteroatoms. The first-order chi connectivity index (χ1) is 10.1. The second kappa shape index (κ2) is 5.30. The highest BCUT2D eigenvalue weighted by molar-refractivity contribution is 5.44. The SMILES string of the molecule is COc1ccc2c(c1)O[C@H](c1ccc(O)c(C)c1)[C@@H](O)C2. The summed E-state index contributed by atoms with van der Waals surface area (Å²) in [5, 5.41) is 20.0. The smallest absolute Gasteiger partial charge is 0.150 e. The van der Waals surface area contributed by atoms with Crippen molar-refractivity contribution in [3.05, 3.63) is 53.1 Å². The van der Waals surface area contributed by atoms with Gasteiger partial charge in [-0.05, 0) is 41.8 Å². The summed E-state index contributed by atoms with van der Waals surface area (Å²) in [6.07, 6.45) is -0.525. The highest BCUT2D eigenvalue weighted by atomic mass is 16.5.